The van der Waals surface area contributed by atoms with E-state index in [2.05, 4.69) is 4.72 Å². The Balaban J connectivity index is 1.61. The van der Waals surface area contributed by atoms with Crippen LogP contribution in [0.1, 0.15) is 32.1 Å². The second-order valence-corrected chi connectivity index (χ2v) is 7.68. The zero-order valence-corrected chi connectivity index (χ0v) is 13.4. The van der Waals surface area contributed by atoms with Crippen molar-refractivity contribution < 1.29 is 26.7 Å². The Bertz CT molecular complexity index is 674. The number of ether oxygens (including phenoxy) is 2. The lowest BCUT2D eigenvalue weighted by molar-refractivity contribution is -0.186. The van der Waals surface area contributed by atoms with Crippen molar-refractivity contribution in [3.05, 3.63) is 29.8 Å². The van der Waals surface area contributed by atoms with E-state index in [0.29, 0.717) is 12.7 Å². The van der Waals surface area contributed by atoms with Crippen LogP contribution in [-0.4, -0.2) is 33.5 Å². The predicted octanol–water partition coefficient (Wildman–Crippen LogP) is 2.32. The van der Waals surface area contributed by atoms with Gasteiger partial charge in [0.1, 0.15) is 16.5 Å². The van der Waals surface area contributed by atoms with Crippen LogP contribution >= 0.6 is 0 Å². The van der Waals surface area contributed by atoms with Crippen molar-refractivity contribution in [3.8, 4) is 0 Å². The highest BCUT2D eigenvalue weighted by Gasteiger charge is 2.42. The van der Waals surface area contributed by atoms with E-state index in [9.17, 15) is 17.2 Å². The van der Waals surface area contributed by atoms with Gasteiger partial charge < -0.3 is 9.47 Å². The van der Waals surface area contributed by atoms with Crippen LogP contribution in [0.3, 0.4) is 0 Å². The van der Waals surface area contributed by atoms with Gasteiger partial charge in [-0.3, -0.25) is 0 Å². The molecule has 1 spiro atoms. The quantitative estimate of drug-likeness (QED) is 0.908. The third-order valence-electron chi connectivity index (χ3n) is 4.21. The Hall–Kier alpha value is -1.09. The summed E-state index contributed by atoms with van der Waals surface area (Å²) in [6.45, 7) is 0.287. The van der Waals surface area contributed by atoms with Crippen molar-refractivity contribution >= 4 is 10.0 Å². The number of hydrogen-bond donors (Lipinski definition) is 1. The summed E-state index contributed by atoms with van der Waals surface area (Å²) in [6.07, 6.45) is 4.41. The van der Waals surface area contributed by atoms with Gasteiger partial charge in [0.15, 0.2) is 5.79 Å². The van der Waals surface area contributed by atoms with Crippen LogP contribution in [0.25, 0.3) is 0 Å². The van der Waals surface area contributed by atoms with Crippen molar-refractivity contribution in [3.63, 3.8) is 0 Å². The summed E-state index contributed by atoms with van der Waals surface area (Å²) in [5, 5.41) is 0. The molecule has 0 bridgehead atoms. The van der Waals surface area contributed by atoms with Crippen LogP contribution in [0.15, 0.2) is 23.1 Å². The summed E-state index contributed by atoms with van der Waals surface area (Å²) in [5.41, 5.74) is 0. The fourth-order valence-electron chi connectivity index (χ4n) is 3.04. The minimum absolute atomic E-state index is 0.0130. The SMILES string of the molecule is O=S(=O)(NC[C@H]1COC2(CCCCC2)O1)c1ccc(F)cc1F. The van der Waals surface area contributed by atoms with E-state index in [1.165, 1.54) is 0 Å². The zero-order valence-electron chi connectivity index (χ0n) is 12.6. The summed E-state index contributed by atoms with van der Waals surface area (Å²) in [6, 6.07) is 2.35. The molecule has 0 unspecified atom stereocenters. The third kappa shape index (κ3) is 3.71. The van der Waals surface area contributed by atoms with E-state index in [1.54, 1.807) is 0 Å². The second kappa shape index (κ2) is 6.43. The number of nitrogens with one attached hydrogen (secondary N) is 1. The van der Waals surface area contributed by atoms with Crippen LogP contribution in [0, 0.1) is 11.6 Å². The van der Waals surface area contributed by atoms with Crippen molar-refractivity contribution in [1.29, 1.82) is 0 Å². The van der Waals surface area contributed by atoms with Crippen LogP contribution in [0.5, 0.6) is 0 Å². The lowest BCUT2D eigenvalue weighted by Gasteiger charge is -2.31. The Kier molecular flexibility index (Phi) is 4.68. The first kappa shape index (κ1) is 16.8. The number of halogens is 2. The van der Waals surface area contributed by atoms with E-state index in [1.807, 2.05) is 0 Å². The van der Waals surface area contributed by atoms with Gasteiger partial charge in [0.25, 0.3) is 0 Å². The molecule has 23 heavy (non-hydrogen) atoms. The monoisotopic (exact) mass is 347 g/mol. The lowest BCUT2D eigenvalue weighted by atomic mass is 9.94. The normalized spacial score (nSPS) is 24.2. The van der Waals surface area contributed by atoms with E-state index in [0.717, 1.165) is 44.2 Å². The van der Waals surface area contributed by atoms with E-state index < -0.39 is 38.4 Å². The highest BCUT2D eigenvalue weighted by Crippen LogP contribution is 2.37. The molecule has 1 aromatic carbocycles. The van der Waals surface area contributed by atoms with Gasteiger partial charge in [0.2, 0.25) is 10.0 Å². The van der Waals surface area contributed by atoms with Gasteiger partial charge in [0, 0.05) is 25.5 Å². The first-order chi connectivity index (χ1) is 10.9. The number of rotatable bonds is 4. The highest BCUT2D eigenvalue weighted by molar-refractivity contribution is 7.89. The van der Waals surface area contributed by atoms with Gasteiger partial charge in [-0.25, -0.2) is 21.9 Å². The maximum Gasteiger partial charge on any atom is 0.243 e. The summed E-state index contributed by atoms with van der Waals surface area (Å²) < 4.78 is 64.6. The molecule has 0 aromatic heterocycles. The van der Waals surface area contributed by atoms with E-state index in [4.69, 9.17) is 9.47 Å². The van der Waals surface area contributed by atoms with Crippen LogP contribution in [0.2, 0.25) is 0 Å². The Morgan fingerprint density at radius 2 is 1.96 bits per heavy atom. The summed E-state index contributed by atoms with van der Waals surface area (Å²) >= 11 is 0. The lowest BCUT2D eigenvalue weighted by Crippen LogP contribution is -2.37. The Labute approximate surface area is 134 Å². The number of benzene rings is 1. The third-order valence-corrected chi connectivity index (χ3v) is 5.67. The van der Waals surface area contributed by atoms with Crippen LogP contribution in [-0.2, 0) is 19.5 Å². The molecule has 1 saturated carbocycles. The molecule has 2 fully saturated rings. The summed E-state index contributed by atoms with van der Waals surface area (Å²) in [4.78, 5) is -0.579. The minimum atomic E-state index is -4.06. The maximum atomic E-state index is 13.6. The van der Waals surface area contributed by atoms with Crippen molar-refractivity contribution in [1.82, 2.24) is 4.72 Å². The second-order valence-electron chi connectivity index (χ2n) is 5.95. The molecule has 8 heteroatoms. The topological polar surface area (TPSA) is 64.6 Å². The Morgan fingerprint density at radius 1 is 1.22 bits per heavy atom. The fraction of sp³-hybridized carbons (Fsp3) is 0.600. The molecule has 1 aliphatic heterocycles. The smallest absolute Gasteiger partial charge is 0.243 e. The molecular formula is C15H19F2NO4S. The molecule has 2 aliphatic rings. The zero-order chi connectivity index (χ0) is 16.5. The summed E-state index contributed by atoms with van der Waals surface area (Å²) in [5.74, 6) is -2.53. The van der Waals surface area contributed by atoms with Gasteiger partial charge >= 0.3 is 0 Å². The molecule has 1 atom stereocenters. The molecule has 1 saturated heterocycles. The first-order valence-electron chi connectivity index (χ1n) is 7.67. The van der Waals surface area contributed by atoms with Gasteiger partial charge in [-0.2, -0.15) is 0 Å². The number of sulfonamides is 1. The average Bonchev–Trinajstić information content (AvgIpc) is 2.88. The maximum absolute atomic E-state index is 13.6. The molecule has 1 aliphatic carbocycles. The molecule has 0 radical (unpaired) electrons. The van der Waals surface area contributed by atoms with Gasteiger partial charge in [-0.15, -0.1) is 0 Å². The summed E-state index contributed by atoms with van der Waals surface area (Å²) in [7, 11) is -4.06. The van der Waals surface area contributed by atoms with Gasteiger partial charge in [-0.1, -0.05) is 6.42 Å². The molecule has 0 amide bonds. The fourth-order valence-corrected chi connectivity index (χ4v) is 4.17. The van der Waals surface area contributed by atoms with Crippen molar-refractivity contribution in [2.24, 2.45) is 0 Å². The van der Waals surface area contributed by atoms with Crippen LogP contribution in [0.4, 0.5) is 8.78 Å². The van der Waals surface area contributed by atoms with Crippen LogP contribution < -0.4 is 4.72 Å². The van der Waals surface area contributed by atoms with Crippen molar-refractivity contribution in [2.75, 3.05) is 13.2 Å². The molecule has 1 aromatic rings. The molecule has 128 valence electrons. The largest absolute Gasteiger partial charge is 0.347 e. The van der Waals surface area contributed by atoms with E-state index in [-0.39, 0.29) is 6.54 Å². The number of hydrogen-bond acceptors (Lipinski definition) is 4. The molecule has 1 N–H and O–H groups in total. The standard InChI is InChI=1S/C15H19F2NO4S/c16-11-4-5-14(13(17)8-11)23(19,20)18-9-12-10-21-15(22-12)6-2-1-3-7-15/h4-5,8,12,18H,1-3,6-7,9-10H2/t12-/m0/s1. The average molecular weight is 347 g/mol. The molecular weight excluding hydrogens is 328 g/mol. The molecule has 5 nitrogen and oxygen atoms in total. The van der Waals surface area contributed by atoms with E-state index >= 15 is 0 Å². The molecule has 1 heterocycles. The highest BCUT2D eigenvalue weighted by atomic mass is 32.2. The Morgan fingerprint density at radius 3 is 2.65 bits per heavy atom. The molecule has 3 rings (SSSR count). The first-order valence-corrected chi connectivity index (χ1v) is 9.15. The minimum Gasteiger partial charge on any atom is -0.347 e. The predicted molar refractivity (Wildman–Crippen MR) is 78.2 cm³/mol. The van der Waals surface area contributed by atoms with Gasteiger partial charge in [0.05, 0.1) is 12.7 Å². The van der Waals surface area contributed by atoms with Crippen molar-refractivity contribution in [2.45, 2.75) is 48.9 Å². The van der Waals surface area contributed by atoms with Gasteiger partial charge in [-0.05, 0) is 25.0 Å².